The molecule has 0 saturated heterocycles. The highest BCUT2D eigenvalue weighted by molar-refractivity contribution is 7.93. The van der Waals surface area contributed by atoms with Crippen LogP contribution in [-0.2, 0) is 10.0 Å². The molecule has 0 saturated carbocycles. The number of anilines is 2. The lowest BCUT2D eigenvalue weighted by Gasteiger charge is -2.17. The molecule has 0 unspecified atom stereocenters. The Morgan fingerprint density at radius 1 is 0.880 bits per heavy atom. The van der Waals surface area contributed by atoms with E-state index in [-0.39, 0.29) is 4.90 Å². The minimum atomic E-state index is -3.69. The van der Waals surface area contributed by atoms with Gasteiger partial charge in [0.05, 0.1) is 10.6 Å². The zero-order valence-corrected chi connectivity index (χ0v) is 15.7. The number of fused-ring (bicyclic) bond motifs is 1. The Bertz CT molecular complexity index is 1040. The smallest absolute Gasteiger partial charge is 0.262 e. The van der Waals surface area contributed by atoms with Crippen LogP contribution in [0.3, 0.4) is 0 Å². The second-order valence-electron chi connectivity index (χ2n) is 6.45. The van der Waals surface area contributed by atoms with Gasteiger partial charge in [-0.25, -0.2) is 8.42 Å². The molecule has 3 aromatic carbocycles. The molecule has 0 heterocycles. The van der Waals surface area contributed by atoms with Gasteiger partial charge in [0.25, 0.3) is 10.0 Å². The van der Waals surface area contributed by atoms with Crippen LogP contribution in [0, 0.1) is 13.8 Å². The average molecular weight is 354 g/mol. The number of nitrogens with one attached hydrogen (secondary N) is 1. The number of nitrogens with zero attached hydrogens (tertiary/aromatic N) is 1. The summed E-state index contributed by atoms with van der Waals surface area (Å²) in [5, 5.41) is 1.63. The molecular formula is C20H22N2O2S. The summed E-state index contributed by atoms with van der Waals surface area (Å²) < 4.78 is 28.8. The molecular weight excluding hydrogens is 332 g/mol. The first-order valence-corrected chi connectivity index (χ1v) is 9.57. The van der Waals surface area contributed by atoms with Gasteiger partial charge in [0, 0.05) is 30.6 Å². The van der Waals surface area contributed by atoms with Crippen LogP contribution in [0.25, 0.3) is 10.8 Å². The highest BCUT2D eigenvalue weighted by Gasteiger charge is 2.19. The lowest BCUT2D eigenvalue weighted by Crippen LogP contribution is -2.15. The fourth-order valence-corrected chi connectivity index (χ4v) is 4.28. The number of rotatable bonds is 4. The lowest BCUT2D eigenvalue weighted by atomic mass is 10.1. The molecule has 0 spiro atoms. The number of hydrogen-bond acceptors (Lipinski definition) is 3. The van der Waals surface area contributed by atoms with Crippen molar-refractivity contribution >= 4 is 32.2 Å². The van der Waals surface area contributed by atoms with Gasteiger partial charge in [-0.05, 0) is 43.2 Å². The maximum atomic E-state index is 13.0. The van der Waals surface area contributed by atoms with E-state index in [2.05, 4.69) is 4.72 Å². The number of benzene rings is 3. The van der Waals surface area contributed by atoms with E-state index in [1.54, 1.807) is 12.1 Å². The summed E-state index contributed by atoms with van der Waals surface area (Å²) in [5.41, 5.74) is 3.50. The van der Waals surface area contributed by atoms with E-state index in [0.717, 1.165) is 22.2 Å². The van der Waals surface area contributed by atoms with Gasteiger partial charge in [-0.15, -0.1) is 0 Å². The number of sulfonamides is 1. The minimum Gasteiger partial charge on any atom is -0.377 e. The Balaban J connectivity index is 2.15. The van der Waals surface area contributed by atoms with Gasteiger partial charge in [-0.1, -0.05) is 36.4 Å². The first-order valence-electron chi connectivity index (χ1n) is 8.09. The molecule has 3 rings (SSSR count). The molecule has 0 aliphatic carbocycles. The summed E-state index contributed by atoms with van der Waals surface area (Å²) in [6.45, 7) is 3.84. The van der Waals surface area contributed by atoms with Gasteiger partial charge in [-0.2, -0.15) is 0 Å². The van der Waals surface area contributed by atoms with Gasteiger partial charge in [0.15, 0.2) is 0 Å². The average Bonchev–Trinajstić information content (AvgIpc) is 2.56. The molecule has 0 aliphatic heterocycles. The molecule has 0 aromatic heterocycles. The number of hydrogen-bond donors (Lipinski definition) is 1. The van der Waals surface area contributed by atoms with E-state index in [1.807, 2.05) is 75.3 Å². The molecule has 0 aliphatic rings. The van der Waals surface area contributed by atoms with Crippen molar-refractivity contribution in [2.75, 3.05) is 23.7 Å². The predicted octanol–water partition coefficient (Wildman–Crippen LogP) is 4.32. The third kappa shape index (κ3) is 3.33. The van der Waals surface area contributed by atoms with Crippen molar-refractivity contribution in [2.24, 2.45) is 0 Å². The summed E-state index contributed by atoms with van der Waals surface area (Å²) >= 11 is 0. The highest BCUT2D eigenvalue weighted by atomic mass is 32.2. The summed E-state index contributed by atoms with van der Waals surface area (Å²) in [5.74, 6) is 0. The van der Waals surface area contributed by atoms with Crippen LogP contribution in [-0.4, -0.2) is 22.5 Å². The minimum absolute atomic E-state index is 0.287. The second kappa shape index (κ2) is 6.41. The van der Waals surface area contributed by atoms with Crippen LogP contribution >= 0.6 is 0 Å². The molecule has 4 nitrogen and oxygen atoms in total. The van der Waals surface area contributed by atoms with Gasteiger partial charge < -0.3 is 4.90 Å². The molecule has 0 radical (unpaired) electrons. The molecule has 5 heteroatoms. The van der Waals surface area contributed by atoms with Gasteiger partial charge in [-0.3, -0.25) is 4.72 Å². The van der Waals surface area contributed by atoms with Crippen LogP contribution < -0.4 is 9.62 Å². The Morgan fingerprint density at radius 3 is 2.28 bits per heavy atom. The van der Waals surface area contributed by atoms with Crippen molar-refractivity contribution in [3.05, 3.63) is 65.7 Å². The van der Waals surface area contributed by atoms with Crippen LogP contribution in [0.2, 0.25) is 0 Å². The standard InChI is InChI=1S/C20H22N2O2S/c1-14-11-12-15(2)18(13-14)21-25(23,24)20-10-6-7-16-17(20)8-5-9-19(16)22(3)4/h5-13,21H,1-4H3. The van der Waals surface area contributed by atoms with E-state index in [9.17, 15) is 8.42 Å². The quantitative estimate of drug-likeness (QED) is 0.759. The van der Waals surface area contributed by atoms with E-state index < -0.39 is 10.0 Å². The van der Waals surface area contributed by atoms with Crippen molar-refractivity contribution in [3.8, 4) is 0 Å². The molecule has 25 heavy (non-hydrogen) atoms. The molecule has 0 amide bonds. The summed E-state index contributed by atoms with van der Waals surface area (Å²) in [6, 6.07) is 16.8. The highest BCUT2D eigenvalue weighted by Crippen LogP contribution is 2.31. The third-order valence-corrected chi connectivity index (χ3v) is 5.69. The van der Waals surface area contributed by atoms with Crippen LogP contribution in [0.1, 0.15) is 11.1 Å². The zero-order valence-electron chi connectivity index (χ0n) is 14.9. The molecule has 3 aromatic rings. The molecule has 1 N–H and O–H groups in total. The molecule has 0 bridgehead atoms. The Labute approximate surface area is 149 Å². The van der Waals surface area contributed by atoms with Crippen molar-refractivity contribution in [2.45, 2.75) is 18.7 Å². The van der Waals surface area contributed by atoms with Crippen molar-refractivity contribution in [1.82, 2.24) is 0 Å². The largest absolute Gasteiger partial charge is 0.377 e. The second-order valence-corrected chi connectivity index (χ2v) is 8.10. The fourth-order valence-electron chi connectivity index (χ4n) is 2.93. The van der Waals surface area contributed by atoms with Crippen LogP contribution in [0.4, 0.5) is 11.4 Å². The molecule has 0 fully saturated rings. The van der Waals surface area contributed by atoms with Crippen molar-refractivity contribution < 1.29 is 8.42 Å². The predicted molar refractivity (Wildman–Crippen MR) is 105 cm³/mol. The fraction of sp³-hybridized carbons (Fsp3) is 0.200. The van der Waals surface area contributed by atoms with E-state index in [4.69, 9.17) is 0 Å². The van der Waals surface area contributed by atoms with Crippen molar-refractivity contribution in [1.29, 1.82) is 0 Å². The normalized spacial score (nSPS) is 11.5. The van der Waals surface area contributed by atoms with Crippen LogP contribution in [0.5, 0.6) is 0 Å². The van der Waals surface area contributed by atoms with E-state index in [1.165, 1.54) is 0 Å². The van der Waals surface area contributed by atoms with E-state index in [0.29, 0.717) is 11.1 Å². The van der Waals surface area contributed by atoms with Gasteiger partial charge in [0.1, 0.15) is 0 Å². The monoisotopic (exact) mass is 354 g/mol. The zero-order chi connectivity index (χ0) is 18.2. The summed E-state index contributed by atoms with van der Waals surface area (Å²) in [6.07, 6.45) is 0. The Kier molecular flexibility index (Phi) is 4.43. The molecule has 0 atom stereocenters. The maximum Gasteiger partial charge on any atom is 0.262 e. The van der Waals surface area contributed by atoms with Crippen molar-refractivity contribution in [3.63, 3.8) is 0 Å². The SMILES string of the molecule is Cc1ccc(C)c(NS(=O)(=O)c2cccc3c(N(C)C)cccc23)c1. The topological polar surface area (TPSA) is 49.4 Å². The Morgan fingerprint density at radius 2 is 1.56 bits per heavy atom. The summed E-state index contributed by atoms with van der Waals surface area (Å²) in [7, 11) is 0.207. The third-order valence-electron chi connectivity index (χ3n) is 4.27. The number of aryl methyl sites for hydroxylation is 2. The lowest BCUT2D eigenvalue weighted by molar-refractivity contribution is 0.602. The first-order chi connectivity index (χ1) is 11.8. The van der Waals surface area contributed by atoms with Gasteiger partial charge >= 0.3 is 0 Å². The maximum absolute atomic E-state index is 13.0. The Hall–Kier alpha value is -2.53. The molecule has 130 valence electrons. The van der Waals surface area contributed by atoms with Gasteiger partial charge in [0.2, 0.25) is 0 Å². The van der Waals surface area contributed by atoms with Crippen LogP contribution in [0.15, 0.2) is 59.5 Å². The first kappa shape index (κ1) is 17.3. The van der Waals surface area contributed by atoms with E-state index >= 15 is 0 Å². The summed E-state index contributed by atoms with van der Waals surface area (Å²) in [4.78, 5) is 2.27.